The van der Waals surface area contributed by atoms with Crippen molar-refractivity contribution in [1.29, 1.82) is 0 Å². The molecule has 29 heavy (non-hydrogen) atoms. The Morgan fingerprint density at radius 3 is 2.45 bits per heavy atom. The molecule has 3 rings (SSSR count). The van der Waals surface area contributed by atoms with Gasteiger partial charge in [-0.15, -0.1) is 0 Å². The minimum absolute atomic E-state index is 0.00659. The molecule has 1 saturated carbocycles. The van der Waals surface area contributed by atoms with Crippen molar-refractivity contribution in [2.24, 2.45) is 0 Å². The number of hydrogen-bond donors (Lipinski definition) is 2. The Kier molecular flexibility index (Phi) is 6.83. The highest BCUT2D eigenvalue weighted by Gasteiger charge is 2.23. The van der Waals surface area contributed by atoms with Gasteiger partial charge in [-0.1, -0.05) is 0 Å². The highest BCUT2D eigenvalue weighted by atomic mass is 19.3. The minimum Gasteiger partial charge on any atom is -0.432 e. The van der Waals surface area contributed by atoms with E-state index in [4.69, 9.17) is 0 Å². The Morgan fingerprint density at radius 2 is 1.79 bits per heavy atom. The van der Waals surface area contributed by atoms with E-state index in [0.717, 1.165) is 12.1 Å². The van der Waals surface area contributed by atoms with Crippen LogP contribution >= 0.6 is 0 Å². The molecule has 10 heteroatoms. The van der Waals surface area contributed by atoms with Gasteiger partial charge < -0.3 is 15.4 Å². The molecule has 2 N–H and O–H groups in total. The molecule has 1 amide bonds. The smallest absolute Gasteiger partial charge is 0.387 e. The van der Waals surface area contributed by atoms with E-state index in [0.29, 0.717) is 25.7 Å². The van der Waals surface area contributed by atoms with E-state index < -0.39 is 30.5 Å². The molecule has 0 radical (unpaired) electrons. The second-order valence-corrected chi connectivity index (χ2v) is 6.90. The first-order valence-corrected chi connectivity index (χ1v) is 9.18. The molecule has 2 aromatic rings. The highest BCUT2D eigenvalue weighted by Crippen LogP contribution is 2.26. The van der Waals surface area contributed by atoms with E-state index in [9.17, 15) is 26.7 Å². The van der Waals surface area contributed by atoms with Crippen LogP contribution in [0.2, 0.25) is 0 Å². The molecule has 0 saturated heterocycles. The van der Waals surface area contributed by atoms with Crippen LogP contribution in [0.25, 0.3) is 10.9 Å². The summed E-state index contributed by atoms with van der Waals surface area (Å²) in [6.07, 6.45) is 1.53. The number of benzene rings is 1. The van der Waals surface area contributed by atoms with Gasteiger partial charge in [0.2, 0.25) is 0 Å². The average Bonchev–Trinajstić information content (AvgIpc) is 2.67. The zero-order valence-electron chi connectivity index (χ0n) is 15.3. The molecular formula is C19H20F5N3O2. The first-order chi connectivity index (χ1) is 13.8. The molecule has 1 aromatic carbocycles. The van der Waals surface area contributed by atoms with Crippen LogP contribution in [0, 0.1) is 5.82 Å². The van der Waals surface area contributed by atoms with Crippen molar-refractivity contribution in [3.8, 4) is 5.75 Å². The average molecular weight is 417 g/mol. The lowest BCUT2D eigenvalue weighted by Crippen LogP contribution is -2.43. The molecular weight excluding hydrogens is 397 g/mol. The maximum absolute atomic E-state index is 13.9. The number of alkyl halides is 4. The lowest BCUT2D eigenvalue weighted by Gasteiger charge is -2.29. The normalized spacial score (nSPS) is 19.7. The summed E-state index contributed by atoms with van der Waals surface area (Å²) < 4.78 is 67.1. The summed E-state index contributed by atoms with van der Waals surface area (Å²) in [6, 6.07) is 3.36. The predicted molar refractivity (Wildman–Crippen MR) is 95.8 cm³/mol. The summed E-state index contributed by atoms with van der Waals surface area (Å²) in [6.45, 7) is -3.50. The lowest BCUT2D eigenvalue weighted by atomic mass is 9.91. The van der Waals surface area contributed by atoms with Crippen LogP contribution in [0.4, 0.5) is 22.0 Å². The zero-order chi connectivity index (χ0) is 21.0. The number of carbonyl (C=O) groups is 1. The van der Waals surface area contributed by atoms with Gasteiger partial charge in [0.1, 0.15) is 0 Å². The zero-order valence-corrected chi connectivity index (χ0v) is 15.3. The number of rotatable bonds is 7. The van der Waals surface area contributed by atoms with Crippen molar-refractivity contribution in [1.82, 2.24) is 15.6 Å². The third kappa shape index (κ3) is 5.75. The molecule has 1 aromatic heterocycles. The number of aromatic nitrogens is 1. The Hall–Kier alpha value is -2.49. The molecule has 0 spiro atoms. The van der Waals surface area contributed by atoms with Crippen LogP contribution in [0.5, 0.6) is 5.75 Å². The molecule has 1 aliphatic rings. The maximum atomic E-state index is 13.9. The topological polar surface area (TPSA) is 63.2 Å². The second-order valence-electron chi connectivity index (χ2n) is 6.90. The van der Waals surface area contributed by atoms with Crippen LogP contribution in [0.1, 0.15) is 36.0 Å². The van der Waals surface area contributed by atoms with Gasteiger partial charge in [-0.25, -0.2) is 13.2 Å². The molecule has 0 aliphatic heterocycles. The predicted octanol–water partition coefficient (Wildman–Crippen LogP) is 3.87. The number of carbonyl (C=O) groups excluding carboxylic acids is 1. The summed E-state index contributed by atoms with van der Waals surface area (Å²) in [5, 5.41) is 5.94. The van der Waals surface area contributed by atoms with Gasteiger partial charge in [0.25, 0.3) is 12.3 Å². The molecule has 1 aliphatic carbocycles. The molecule has 1 heterocycles. The lowest BCUT2D eigenvalue weighted by molar-refractivity contribution is -0.0520. The number of halogens is 5. The molecule has 5 nitrogen and oxygen atoms in total. The number of amides is 1. The van der Waals surface area contributed by atoms with E-state index in [1.807, 2.05) is 0 Å². The standard InChI is InChI=1S/C19H20F5N3O2/c20-14-6-10-5-11(8-26-15(10)7-16(14)29-19(23)24)18(28)27-13-3-1-12(2-4-13)25-9-17(21)22/h5-8,12-13,17,19,25H,1-4,9H2,(H,27,28). The first-order valence-electron chi connectivity index (χ1n) is 9.18. The van der Waals surface area contributed by atoms with E-state index in [2.05, 4.69) is 20.4 Å². The summed E-state index contributed by atoms with van der Waals surface area (Å²) in [7, 11) is 0. The number of nitrogens with one attached hydrogen (secondary N) is 2. The van der Waals surface area contributed by atoms with E-state index >= 15 is 0 Å². The number of nitrogens with zero attached hydrogens (tertiary/aromatic N) is 1. The van der Waals surface area contributed by atoms with E-state index in [-0.39, 0.29) is 35.1 Å². The van der Waals surface area contributed by atoms with Crippen LogP contribution in [-0.4, -0.2) is 42.6 Å². The van der Waals surface area contributed by atoms with Crippen molar-refractivity contribution in [3.63, 3.8) is 0 Å². The van der Waals surface area contributed by atoms with Gasteiger partial charge in [-0.05, 0) is 37.8 Å². The Bertz CT molecular complexity index is 857. The molecule has 0 atom stereocenters. The van der Waals surface area contributed by atoms with Crippen molar-refractivity contribution < 1.29 is 31.5 Å². The van der Waals surface area contributed by atoms with Gasteiger partial charge >= 0.3 is 6.61 Å². The monoisotopic (exact) mass is 417 g/mol. The van der Waals surface area contributed by atoms with Crippen molar-refractivity contribution in [3.05, 3.63) is 35.8 Å². The molecule has 0 unspecified atom stereocenters. The summed E-state index contributed by atoms with van der Waals surface area (Å²) in [4.78, 5) is 16.5. The number of ether oxygens (including phenoxy) is 1. The summed E-state index contributed by atoms with van der Waals surface area (Å²) in [5.74, 6) is -1.99. The van der Waals surface area contributed by atoms with E-state index in [1.165, 1.54) is 12.3 Å². The fourth-order valence-electron chi connectivity index (χ4n) is 3.41. The van der Waals surface area contributed by atoms with Crippen LogP contribution in [0.3, 0.4) is 0 Å². The molecule has 158 valence electrons. The van der Waals surface area contributed by atoms with Crippen LogP contribution < -0.4 is 15.4 Å². The quantitative estimate of drug-likeness (QED) is 0.672. The fraction of sp³-hybridized carbons (Fsp3) is 0.474. The van der Waals surface area contributed by atoms with Gasteiger partial charge in [0.15, 0.2) is 11.6 Å². The SMILES string of the molecule is O=C(NC1CCC(NCC(F)F)CC1)c1cnc2cc(OC(F)F)c(F)cc2c1. The van der Waals surface area contributed by atoms with E-state index in [1.54, 1.807) is 0 Å². The van der Waals surface area contributed by atoms with Crippen molar-refractivity contribution in [2.75, 3.05) is 6.54 Å². The van der Waals surface area contributed by atoms with Gasteiger partial charge in [0, 0.05) is 29.7 Å². The maximum Gasteiger partial charge on any atom is 0.387 e. The van der Waals surface area contributed by atoms with Gasteiger partial charge in [-0.3, -0.25) is 9.78 Å². The minimum atomic E-state index is -3.16. The summed E-state index contributed by atoms with van der Waals surface area (Å²) >= 11 is 0. The Labute approximate surface area is 163 Å². The Balaban J connectivity index is 1.61. The number of fused-ring (bicyclic) bond motifs is 1. The second kappa shape index (κ2) is 9.34. The Morgan fingerprint density at radius 1 is 1.10 bits per heavy atom. The highest BCUT2D eigenvalue weighted by molar-refractivity contribution is 5.97. The summed E-state index contributed by atoms with van der Waals surface area (Å²) in [5.41, 5.74) is 0.418. The third-order valence-electron chi connectivity index (χ3n) is 4.84. The third-order valence-corrected chi connectivity index (χ3v) is 4.84. The fourth-order valence-corrected chi connectivity index (χ4v) is 3.41. The van der Waals surface area contributed by atoms with Gasteiger partial charge in [-0.2, -0.15) is 8.78 Å². The van der Waals surface area contributed by atoms with Crippen molar-refractivity contribution in [2.45, 2.75) is 50.8 Å². The van der Waals surface area contributed by atoms with Crippen molar-refractivity contribution >= 4 is 16.8 Å². The van der Waals surface area contributed by atoms with Crippen LogP contribution in [0.15, 0.2) is 24.4 Å². The first kappa shape index (κ1) is 21.2. The van der Waals surface area contributed by atoms with Crippen LogP contribution in [-0.2, 0) is 0 Å². The molecule has 1 fully saturated rings. The number of hydrogen-bond acceptors (Lipinski definition) is 4. The number of pyridine rings is 1. The van der Waals surface area contributed by atoms with Gasteiger partial charge in [0.05, 0.1) is 17.6 Å². The molecule has 0 bridgehead atoms. The largest absolute Gasteiger partial charge is 0.432 e.